The predicted molar refractivity (Wildman–Crippen MR) is 49.9 cm³/mol. The molecule has 2 rings (SSSR count). The van der Waals surface area contributed by atoms with E-state index >= 15 is 0 Å². The van der Waals surface area contributed by atoms with Crippen LogP contribution in [0.5, 0.6) is 0 Å². The average Bonchev–Trinajstić information content (AvgIpc) is 2.63. The van der Waals surface area contributed by atoms with Crippen molar-refractivity contribution in [3.05, 3.63) is 0 Å². The van der Waals surface area contributed by atoms with Crippen LogP contribution in [0.15, 0.2) is 0 Å². The van der Waals surface area contributed by atoms with Gasteiger partial charge in [0.2, 0.25) is 5.91 Å². The SMILES string of the molecule is CC1CC(=O)N(CC2CCNC2)N1. The molecular formula is C9H17N3O. The Labute approximate surface area is 78.6 Å². The summed E-state index contributed by atoms with van der Waals surface area (Å²) in [6.07, 6.45) is 1.85. The molecule has 0 bridgehead atoms. The van der Waals surface area contributed by atoms with Gasteiger partial charge in [0.05, 0.1) is 0 Å². The maximum atomic E-state index is 11.4. The predicted octanol–water partition coefficient (Wildman–Crippen LogP) is -0.279. The fourth-order valence-corrected chi connectivity index (χ4v) is 2.04. The molecule has 4 nitrogen and oxygen atoms in total. The summed E-state index contributed by atoms with van der Waals surface area (Å²) < 4.78 is 0. The van der Waals surface area contributed by atoms with E-state index in [9.17, 15) is 4.79 Å². The average molecular weight is 183 g/mol. The fourth-order valence-electron chi connectivity index (χ4n) is 2.04. The van der Waals surface area contributed by atoms with Gasteiger partial charge in [0.15, 0.2) is 0 Å². The molecule has 2 N–H and O–H groups in total. The van der Waals surface area contributed by atoms with Gasteiger partial charge in [-0.05, 0) is 32.4 Å². The molecule has 0 saturated carbocycles. The maximum absolute atomic E-state index is 11.4. The number of hydrogen-bond donors (Lipinski definition) is 2. The van der Waals surface area contributed by atoms with Crippen molar-refractivity contribution in [2.45, 2.75) is 25.8 Å². The highest BCUT2D eigenvalue weighted by molar-refractivity contribution is 5.78. The van der Waals surface area contributed by atoms with Gasteiger partial charge in [0.1, 0.15) is 0 Å². The van der Waals surface area contributed by atoms with E-state index in [0.717, 1.165) is 19.6 Å². The van der Waals surface area contributed by atoms with Gasteiger partial charge in [0, 0.05) is 19.0 Å². The van der Waals surface area contributed by atoms with Crippen LogP contribution in [0.2, 0.25) is 0 Å². The summed E-state index contributed by atoms with van der Waals surface area (Å²) in [5.41, 5.74) is 3.19. The third-order valence-corrected chi connectivity index (χ3v) is 2.76. The van der Waals surface area contributed by atoms with Gasteiger partial charge in [-0.25, -0.2) is 5.43 Å². The Balaban J connectivity index is 1.83. The number of carbonyl (C=O) groups is 1. The number of hydrogen-bond acceptors (Lipinski definition) is 3. The van der Waals surface area contributed by atoms with Gasteiger partial charge in [-0.15, -0.1) is 0 Å². The molecule has 0 aliphatic carbocycles. The largest absolute Gasteiger partial charge is 0.316 e. The Bertz CT molecular complexity index is 201. The standard InChI is InChI=1S/C9H17N3O/c1-7-4-9(13)12(11-7)6-8-2-3-10-5-8/h7-8,10-11H,2-6H2,1H3. The van der Waals surface area contributed by atoms with Crippen molar-refractivity contribution in [2.24, 2.45) is 5.92 Å². The normalized spacial score (nSPS) is 34.5. The van der Waals surface area contributed by atoms with Crippen LogP contribution in [-0.4, -0.2) is 36.6 Å². The summed E-state index contributed by atoms with van der Waals surface area (Å²) in [6, 6.07) is 0.321. The Kier molecular flexibility index (Phi) is 2.51. The maximum Gasteiger partial charge on any atom is 0.238 e. The number of nitrogens with one attached hydrogen (secondary N) is 2. The van der Waals surface area contributed by atoms with Gasteiger partial charge >= 0.3 is 0 Å². The molecule has 2 aliphatic rings. The molecule has 2 aliphatic heterocycles. The molecule has 2 heterocycles. The Morgan fingerprint density at radius 2 is 2.46 bits per heavy atom. The van der Waals surface area contributed by atoms with Crippen molar-refractivity contribution in [2.75, 3.05) is 19.6 Å². The first-order valence-electron chi connectivity index (χ1n) is 5.03. The molecule has 74 valence electrons. The number of rotatable bonds is 2. The summed E-state index contributed by atoms with van der Waals surface area (Å²) in [4.78, 5) is 11.4. The monoisotopic (exact) mass is 183 g/mol. The molecule has 0 aromatic rings. The molecule has 1 amide bonds. The molecule has 2 fully saturated rings. The van der Waals surface area contributed by atoms with Crippen molar-refractivity contribution in [1.82, 2.24) is 15.8 Å². The van der Waals surface area contributed by atoms with Crippen LogP contribution in [-0.2, 0) is 4.79 Å². The molecule has 2 unspecified atom stereocenters. The van der Waals surface area contributed by atoms with Gasteiger partial charge in [-0.2, -0.15) is 0 Å². The van der Waals surface area contributed by atoms with Crippen LogP contribution in [0.4, 0.5) is 0 Å². The molecule has 0 spiro atoms. The lowest BCUT2D eigenvalue weighted by atomic mass is 10.1. The summed E-state index contributed by atoms with van der Waals surface area (Å²) in [6.45, 7) is 5.07. The topological polar surface area (TPSA) is 44.4 Å². The molecule has 2 saturated heterocycles. The van der Waals surface area contributed by atoms with E-state index in [1.807, 2.05) is 6.92 Å². The number of amides is 1. The highest BCUT2D eigenvalue weighted by Gasteiger charge is 2.28. The molecule has 2 atom stereocenters. The summed E-state index contributed by atoms with van der Waals surface area (Å²) in [5, 5.41) is 5.10. The van der Waals surface area contributed by atoms with Gasteiger partial charge in [0.25, 0.3) is 0 Å². The van der Waals surface area contributed by atoms with Gasteiger partial charge in [-0.1, -0.05) is 0 Å². The van der Waals surface area contributed by atoms with Crippen molar-refractivity contribution in [3.63, 3.8) is 0 Å². The molecule has 4 heteroatoms. The Morgan fingerprint density at radius 3 is 3.00 bits per heavy atom. The van der Waals surface area contributed by atoms with Crippen molar-refractivity contribution >= 4 is 5.91 Å². The molecule has 0 aromatic heterocycles. The molecule has 13 heavy (non-hydrogen) atoms. The first-order chi connectivity index (χ1) is 6.25. The van der Waals surface area contributed by atoms with Crippen LogP contribution >= 0.6 is 0 Å². The Morgan fingerprint density at radius 1 is 1.62 bits per heavy atom. The van der Waals surface area contributed by atoms with Crippen molar-refractivity contribution in [3.8, 4) is 0 Å². The van der Waals surface area contributed by atoms with E-state index in [4.69, 9.17) is 0 Å². The lowest BCUT2D eigenvalue weighted by Crippen LogP contribution is -2.40. The molecule has 0 aromatic carbocycles. The third-order valence-electron chi connectivity index (χ3n) is 2.76. The third kappa shape index (κ3) is 2.00. The number of hydrazine groups is 1. The van der Waals surface area contributed by atoms with Crippen LogP contribution in [0.1, 0.15) is 19.8 Å². The number of nitrogens with zero attached hydrogens (tertiary/aromatic N) is 1. The Hall–Kier alpha value is -0.610. The quantitative estimate of drug-likeness (QED) is 0.619. The second-order valence-corrected chi connectivity index (χ2v) is 4.10. The first-order valence-corrected chi connectivity index (χ1v) is 5.03. The van der Waals surface area contributed by atoms with Crippen LogP contribution in [0.3, 0.4) is 0 Å². The summed E-state index contributed by atoms with van der Waals surface area (Å²) >= 11 is 0. The lowest BCUT2D eigenvalue weighted by molar-refractivity contribution is -0.130. The lowest BCUT2D eigenvalue weighted by Gasteiger charge is -2.20. The van der Waals surface area contributed by atoms with E-state index in [2.05, 4.69) is 10.7 Å². The zero-order chi connectivity index (χ0) is 9.26. The molecule has 0 radical (unpaired) electrons. The minimum atomic E-state index is 0.249. The smallest absolute Gasteiger partial charge is 0.238 e. The van der Waals surface area contributed by atoms with E-state index in [1.54, 1.807) is 5.01 Å². The van der Waals surface area contributed by atoms with E-state index in [-0.39, 0.29) is 5.91 Å². The van der Waals surface area contributed by atoms with E-state index in [0.29, 0.717) is 18.4 Å². The highest BCUT2D eigenvalue weighted by Crippen LogP contribution is 2.13. The minimum Gasteiger partial charge on any atom is -0.316 e. The van der Waals surface area contributed by atoms with Crippen LogP contribution in [0, 0.1) is 5.92 Å². The minimum absolute atomic E-state index is 0.249. The fraction of sp³-hybridized carbons (Fsp3) is 0.889. The first kappa shape index (κ1) is 8.97. The van der Waals surface area contributed by atoms with Crippen LogP contribution < -0.4 is 10.7 Å². The van der Waals surface area contributed by atoms with E-state index in [1.165, 1.54) is 6.42 Å². The molecular weight excluding hydrogens is 166 g/mol. The van der Waals surface area contributed by atoms with Gasteiger partial charge < -0.3 is 5.32 Å². The zero-order valence-corrected chi connectivity index (χ0v) is 8.05. The van der Waals surface area contributed by atoms with Crippen molar-refractivity contribution in [1.29, 1.82) is 0 Å². The number of carbonyl (C=O) groups excluding carboxylic acids is 1. The van der Waals surface area contributed by atoms with Crippen LogP contribution in [0.25, 0.3) is 0 Å². The second-order valence-electron chi connectivity index (χ2n) is 4.10. The van der Waals surface area contributed by atoms with Gasteiger partial charge in [-0.3, -0.25) is 9.80 Å². The zero-order valence-electron chi connectivity index (χ0n) is 8.05. The highest BCUT2D eigenvalue weighted by atomic mass is 16.2. The second kappa shape index (κ2) is 3.64. The summed E-state index contributed by atoms with van der Waals surface area (Å²) in [7, 11) is 0. The van der Waals surface area contributed by atoms with Crippen molar-refractivity contribution < 1.29 is 4.79 Å². The van der Waals surface area contributed by atoms with E-state index < -0.39 is 0 Å². The summed E-state index contributed by atoms with van der Waals surface area (Å²) in [5.74, 6) is 0.890.